The zero-order valence-electron chi connectivity index (χ0n) is 13.9. The van der Waals surface area contributed by atoms with Crippen molar-refractivity contribution >= 4 is 33.4 Å². The molecule has 0 radical (unpaired) electrons. The maximum Gasteiger partial charge on any atom is 0.243 e. The molecule has 1 aromatic rings. The zero-order chi connectivity index (χ0) is 18.3. The smallest absolute Gasteiger partial charge is 0.243 e. The molecule has 1 fully saturated rings. The number of rotatable bonds is 8. The van der Waals surface area contributed by atoms with Crippen molar-refractivity contribution in [3.63, 3.8) is 0 Å². The fraction of sp³-hybridized carbons (Fsp3) is 0.533. The van der Waals surface area contributed by atoms with Crippen molar-refractivity contribution in [3.05, 3.63) is 18.2 Å². The molecule has 8 nitrogen and oxygen atoms in total. The minimum absolute atomic E-state index is 0.00541. The van der Waals surface area contributed by atoms with Crippen molar-refractivity contribution in [1.29, 1.82) is 0 Å². The summed E-state index contributed by atoms with van der Waals surface area (Å²) in [5, 5.41) is 11.4. The lowest BCUT2D eigenvalue weighted by Crippen LogP contribution is -2.40. The van der Waals surface area contributed by atoms with Crippen molar-refractivity contribution in [2.45, 2.75) is 4.90 Å². The summed E-state index contributed by atoms with van der Waals surface area (Å²) in [7, 11) is -2.21. The van der Waals surface area contributed by atoms with Crippen LogP contribution in [0.15, 0.2) is 23.1 Å². The number of carbonyl (C=O) groups is 1. The first-order valence-corrected chi connectivity index (χ1v) is 10.3. The van der Waals surface area contributed by atoms with Crippen LogP contribution in [-0.2, 0) is 19.6 Å². The first-order valence-electron chi connectivity index (χ1n) is 7.73. The Labute approximate surface area is 151 Å². The Bertz CT molecular complexity index is 689. The van der Waals surface area contributed by atoms with Gasteiger partial charge in [0.15, 0.2) is 0 Å². The van der Waals surface area contributed by atoms with E-state index in [2.05, 4.69) is 5.32 Å². The van der Waals surface area contributed by atoms with Gasteiger partial charge in [0, 0.05) is 18.8 Å². The largest absolute Gasteiger partial charge is 0.495 e. The predicted molar refractivity (Wildman–Crippen MR) is 95.6 cm³/mol. The van der Waals surface area contributed by atoms with Crippen LogP contribution in [0.25, 0.3) is 0 Å². The molecule has 10 heteroatoms. The van der Waals surface area contributed by atoms with Gasteiger partial charge in [-0.25, -0.2) is 8.42 Å². The molecule has 0 unspecified atom stereocenters. The summed E-state index contributed by atoms with van der Waals surface area (Å²) >= 11 is 1.28. The summed E-state index contributed by atoms with van der Waals surface area (Å²) in [4.78, 5) is 12.1. The second-order valence-electron chi connectivity index (χ2n) is 5.20. The van der Waals surface area contributed by atoms with Gasteiger partial charge in [-0.15, -0.1) is 11.8 Å². The average Bonchev–Trinajstić information content (AvgIpc) is 2.62. The van der Waals surface area contributed by atoms with Crippen LogP contribution in [0.2, 0.25) is 0 Å². The molecule has 2 rings (SSSR count). The lowest BCUT2D eigenvalue weighted by molar-refractivity contribution is -0.113. The van der Waals surface area contributed by atoms with Crippen molar-refractivity contribution in [2.24, 2.45) is 0 Å². The molecular formula is C15H22N2O6S2. The molecule has 0 spiro atoms. The second kappa shape index (κ2) is 9.39. The summed E-state index contributed by atoms with van der Waals surface area (Å²) in [5.41, 5.74) is 0.298. The van der Waals surface area contributed by atoms with Crippen molar-refractivity contribution in [3.8, 4) is 5.75 Å². The van der Waals surface area contributed by atoms with E-state index < -0.39 is 10.0 Å². The Morgan fingerprint density at radius 2 is 2.12 bits per heavy atom. The number of hydrogen-bond donors (Lipinski definition) is 2. The van der Waals surface area contributed by atoms with E-state index in [1.807, 2.05) is 0 Å². The molecule has 1 heterocycles. The van der Waals surface area contributed by atoms with Gasteiger partial charge in [-0.1, -0.05) is 0 Å². The van der Waals surface area contributed by atoms with Gasteiger partial charge in [0.05, 0.1) is 43.3 Å². The SMILES string of the molecule is COc1ccc(S(=O)(=O)N2CCOCC2)cc1NC(=O)CSCCO. The number of sulfonamides is 1. The maximum absolute atomic E-state index is 12.7. The van der Waals surface area contributed by atoms with Crippen LogP contribution in [0, 0.1) is 0 Å². The molecule has 1 aliphatic rings. The number of methoxy groups -OCH3 is 1. The van der Waals surface area contributed by atoms with E-state index in [4.69, 9.17) is 14.6 Å². The number of nitrogens with zero attached hydrogens (tertiary/aromatic N) is 1. The normalized spacial score (nSPS) is 15.8. The molecular weight excluding hydrogens is 368 g/mol. The van der Waals surface area contributed by atoms with Crippen LogP contribution in [0.4, 0.5) is 5.69 Å². The van der Waals surface area contributed by atoms with Gasteiger partial charge < -0.3 is 19.9 Å². The number of aliphatic hydroxyl groups is 1. The van der Waals surface area contributed by atoms with Gasteiger partial charge >= 0.3 is 0 Å². The third-order valence-electron chi connectivity index (χ3n) is 3.52. The zero-order valence-corrected chi connectivity index (χ0v) is 15.6. The number of hydrogen-bond acceptors (Lipinski definition) is 7. The second-order valence-corrected chi connectivity index (χ2v) is 8.25. The van der Waals surface area contributed by atoms with Crippen LogP contribution in [0.1, 0.15) is 0 Å². The highest BCUT2D eigenvalue weighted by Crippen LogP contribution is 2.29. The molecule has 25 heavy (non-hydrogen) atoms. The van der Waals surface area contributed by atoms with Crippen molar-refractivity contribution in [1.82, 2.24) is 4.31 Å². The number of benzene rings is 1. The summed E-state index contributed by atoms with van der Waals surface area (Å²) in [6.07, 6.45) is 0. The van der Waals surface area contributed by atoms with Gasteiger partial charge in [0.1, 0.15) is 5.75 Å². The molecule has 140 valence electrons. The Morgan fingerprint density at radius 1 is 1.40 bits per heavy atom. The number of aliphatic hydroxyl groups excluding tert-OH is 1. The fourth-order valence-electron chi connectivity index (χ4n) is 2.30. The van der Waals surface area contributed by atoms with Crippen LogP contribution < -0.4 is 10.1 Å². The number of thioether (sulfide) groups is 1. The van der Waals surface area contributed by atoms with Gasteiger partial charge in [-0.2, -0.15) is 4.31 Å². The molecule has 2 N–H and O–H groups in total. The molecule has 0 aromatic heterocycles. The van der Waals surface area contributed by atoms with E-state index >= 15 is 0 Å². The average molecular weight is 390 g/mol. The lowest BCUT2D eigenvalue weighted by Gasteiger charge is -2.26. The number of ether oxygens (including phenoxy) is 2. The third-order valence-corrected chi connectivity index (χ3v) is 6.35. The maximum atomic E-state index is 12.7. The van der Waals surface area contributed by atoms with E-state index in [1.54, 1.807) is 0 Å². The van der Waals surface area contributed by atoms with Crippen LogP contribution in [0.5, 0.6) is 5.75 Å². The van der Waals surface area contributed by atoms with Crippen LogP contribution in [0.3, 0.4) is 0 Å². The van der Waals surface area contributed by atoms with E-state index in [-0.39, 0.29) is 23.2 Å². The molecule has 0 bridgehead atoms. The van der Waals surface area contributed by atoms with Crippen LogP contribution >= 0.6 is 11.8 Å². The van der Waals surface area contributed by atoms with Gasteiger partial charge in [-0.3, -0.25) is 4.79 Å². The first-order chi connectivity index (χ1) is 12.0. The van der Waals surface area contributed by atoms with Crippen molar-refractivity contribution < 1.29 is 27.8 Å². The monoisotopic (exact) mass is 390 g/mol. The minimum atomic E-state index is -3.66. The molecule has 1 saturated heterocycles. The molecule has 1 amide bonds. The first kappa shape index (κ1) is 20.0. The summed E-state index contributed by atoms with van der Waals surface area (Å²) in [5.74, 6) is 0.694. The number of amides is 1. The lowest BCUT2D eigenvalue weighted by atomic mass is 10.3. The van der Waals surface area contributed by atoms with E-state index in [0.717, 1.165) is 0 Å². The Balaban J connectivity index is 2.19. The minimum Gasteiger partial charge on any atom is -0.495 e. The summed E-state index contributed by atoms with van der Waals surface area (Å²) in [6, 6.07) is 4.38. The van der Waals surface area contributed by atoms with E-state index in [1.165, 1.54) is 41.4 Å². The van der Waals surface area contributed by atoms with Gasteiger partial charge in [-0.05, 0) is 18.2 Å². The summed E-state index contributed by atoms with van der Waals surface area (Å²) in [6.45, 7) is 1.32. The number of nitrogens with one attached hydrogen (secondary N) is 1. The molecule has 1 aromatic carbocycles. The van der Waals surface area contributed by atoms with Gasteiger partial charge in [0.25, 0.3) is 0 Å². The number of carbonyl (C=O) groups excluding carboxylic acids is 1. The number of anilines is 1. The van der Waals surface area contributed by atoms with Gasteiger partial charge in [0.2, 0.25) is 15.9 Å². The topological polar surface area (TPSA) is 105 Å². The predicted octanol–water partition coefficient (Wildman–Crippen LogP) is 0.380. The van der Waals surface area contributed by atoms with Crippen molar-refractivity contribution in [2.75, 3.05) is 56.8 Å². The highest BCUT2D eigenvalue weighted by atomic mass is 32.2. The Kier molecular flexibility index (Phi) is 7.51. The molecule has 0 atom stereocenters. The van der Waals surface area contributed by atoms with Crippen LogP contribution in [-0.4, -0.2) is 75.3 Å². The fourth-order valence-corrected chi connectivity index (χ4v) is 4.26. The van der Waals surface area contributed by atoms with E-state index in [9.17, 15) is 13.2 Å². The standard InChI is InChI=1S/C15H22N2O6S2/c1-22-14-3-2-12(25(20,21)17-4-7-23-8-5-17)10-13(14)16-15(19)11-24-9-6-18/h2-3,10,18H,4-9,11H2,1H3,(H,16,19). The highest BCUT2D eigenvalue weighted by molar-refractivity contribution is 7.99. The highest BCUT2D eigenvalue weighted by Gasteiger charge is 2.27. The number of morpholine rings is 1. The molecule has 0 saturated carbocycles. The molecule has 0 aliphatic carbocycles. The molecule has 1 aliphatic heterocycles. The third kappa shape index (κ3) is 5.32. The quantitative estimate of drug-likeness (QED) is 0.618. The Hall–Kier alpha value is -1.33. The van der Waals surface area contributed by atoms with E-state index in [0.29, 0.717) is 43.5 Å². The summed E-state index contributed by atoms with van der Waals surface area (Å²) < 4.78 is 37.2. The Morgan fingerprint density at radius 3 is 2.76 bits per heavy atom.